The van der Waals surface area contributed by atoms with Gasteiger partial charge in [0.05, 0.1) is 0 Å². The number of amides is 1. The standard InChI is InChI=1S/C20H25NO2/c1-13(2)17-7-9-18(10-8-17)21-20(22)16(5)23-19-11-6-14(3)12-15(19)4/h6-13,16H,1-5H3,(H,21,22)/t16-/m0/s1. The molecule has 1 atom stereocenters. The summed E-state index contributed by atoms with van der Waals surface area (Å²) < 4.78 is 5.78. The molecule has 0 aliphatic heterocycles. The van der Waals surface area contributed by atoms with Crippen molar-refractivity contribution in [2.75, 3.05) is 5.32 Å². The van der Waals surface area contributed by atoms with Crippen molar-refractivity contribution in [3.05, 3.63) is 59.2 Å². The Kier molecular flexibility index (Phi) is 5.43. The Morgan fingerprint density at radius 1 is 1.00 bits per heavy atom. The number of nitrogens with one attached hydrogen (secondary N) is 1. The van der Waals surface area contributed by atoms with Crippen molar-refractivity contribution in [3.63, 3.8) is 0 Å². The van der Waals surface area contributed by atoms with E-state index >= 15 is 0 Å². The highest BCUT2D eigenvalue weighted by Gasteiger charge is 2.16. The minimum Gasteiger partial charge on any atom is -0.481 e. The van der Waals surface area contributed by atoms with Gasteiger partial charge in [-0.1, -0.05) is 43.7 Å². The molecular formula is C20H25NO2. The van der Waals surface area contributed by atoms with E-state index in [1.807, 2.05) is 56.3 Å². The quantitative estimate of drug-likeness (QED) is 0.858. The Morgan fingerprint density at radius 2 is 1.65 bits per heavy atom. The first-order chi connectivity index (χ1) is 10.9. The van der Waals surface area contributed by atoms with Gasteiger partial charge in [-0.3, -0.25) is 4.79 Å². The van der Waals surface area contributed by atoms with Crippen LogP contribution in [0.3, 0.4) is 0 Å². The van der Waals surface area contributed by atoms with E-state index in [1.165, 1.54) is 11.1 Å². The third-order valence-electron chi connectivity index (χ3n) is 3.85. The molecule has 2 aromatic carbocycles. The molecule has 0 aromatic heterocycles. The van der Waals surface area contributed by atoms with Crippen LogP contribution < -0.4 is 10.1 Å². The number of aryl methyl sites for hydroxylation is 2. The molecule has 3 heteroatoms. The molecule has 0 spiro atoms. The molecule has 0 saturated heterocycles. The molecule has 3 nitrogen and oxygen atoms in total. The van der Waals surface area contributed by atoms with Crippen LogP contribution >= 0.6 is 0 Å². The number of carbonyl (C=O) groups is 1. The predicted octanol–water partition coefficient (Wildman–Crippen LogP) is 4.83. The zero-order valence-electron chi connectivity index (χ0n) is 14.5. The summed E-state index contributed by atoms with van der Waals surface area (Å²) in [4.78, 5) is 12.3. The van der Waals surface area contributed by atoms with Crippen LogP contribution in [0.2, 0.25) is 0 Å². The number of anilines is 1. The van der Waals surface area contributed by atoms with Crippen molar-refractivity contribution in [2.24, 2.45) is 0 Å². The van der Waals surface area contributed by atoms with Gasteiger partial charge in [-0.15, -0.1) is 0 Å². The fraction of sp³-hybridized carbons (Fsp3) is 0.350. The minimum absolute atomic E-state index is 0.151. The van der Waals surface area contributed by atoms with Gasteiger partial charge in [0.25, 0.3) is 5.91 Å². The first kappa shape index (κ1) is 17.1. The summed E-state index contributed by atoms with van der Waals surface area (Å²) >= 11 is 0. The van der Waals surface area contributed by atoms with Gasteiger partial charge in [-0.25, -0.2) is 0 Å². The third kappa shape index (κ3) is 4.59. The Bertz CT molecular complexity index is 675. The molecule has 1 amide bonds. The van der Waals surface area contributed by atoms with Crippen molar-refractivity contribution in [2.45, 2.75) is 46.6 Å². The van der Waals surface area contributed by atoms with Crippen LogP contribution in [0.5, 0.6) is 5.75 Å². The van der Waals surface area contributed by atoms with E-state index in [9.17, 15) is 4.79 Å². The highest BCUT2D eigenvalue weighted by molar-refractivity contribution is 5.94. The van der Waals surface area contributed by atoms with Gasteiger partial charge in [0.15, 0.2) is 6.10 Å². The summed E-state index contributed by atoms with van der Waals surface area (Å²) in [6.45, 7) is 10.1. The van der Waals surface area contributed by atoms with Crippen LogP contribution in [-0.2, 0) is 4.79 Å². The van der Waals surface area contributed by atoms with Crippen LogP contribution in [0.15, 0.2) is 42.5 Å². The van der Waals surface area contributed by atoms with Gasteiger partial charge in [0.2, 0.25) is 0 Å². The van der Waals surface area contributed by atoms with Crippen LogP contribution in [-0.4, -0.2) is 12.0 Å². The largest absolute Gasteiger partial charge is 0.481 e. The van der Waals surface area contributed by atoms with Gasteiger partial charge in [-0.05, 0) is 56.0 Å². The lowest BCUT2D eigenvalue weighted by molar-refractivity contribution is -0.122. The number of hydrogen-bond donors (Lipinski definition) is 1. The number of benzene rings is 2. The van der Waals surface area contributed by atoms with Gasteiger partial charge in [-0.2, -0.15) is 0 Å². The van der Waals surface area contributed by atoms with Crippen molar-refractivity contribution in [1.29, 1.82) is 0 Å². The lowest BCUT2D eigenvalue weighted by Gasteiger charge is -2.17. The Labute approximate surface area is 138 Å². The molecule has 122 valence electrons. The second kappa shape index (κ2) is 7.32. The van der Waals surface area contributed by atoms with Crippen LogP contribution in [0.4, 0.5) is 5.69 Å². The summed E-state index contributed by atoms with van der Waals surface area (Å²) in [5.74, 6) is 1.07. The van der Waals surface area contributed by atoms with Crippen LogP contribution in [0.25, 0.3) is 0 Å². The second-order valence-corrected chi connectivity index (χ2v) is 6.29. The van der Waals surface area contributed by atoms with E-state index in [0.717, 1.165) is 17.0 Å². The molecular weight excluding hydrogens is 286 g/mol. The Hall–Kier alpha value is -2.29. The van der Waals surface area contributed by atoms with E-state index < -0.39 is 6.10 Å². The van der Waals surface area contributed by atoms with Gasteiger partial charge in [0.1, 0.15) is 5.75 Å². The first-order valence-corrected chi connectivity index (χ1v) is 8.01. The minimum atomic E-state index is -0.554. The van der Waals surface area contributed by atoms with Gasteiger partial charge < -0.3 is 10.1 Å². The summed E-state index contributed by atoms with van der Waals surface area (Å²) in [5, 5.41) is 2.89. The lowest BCUT2D eigenvalue weighted by Crippen LogP contribution is -2.30. The molecule has 2 rings (SSSR count). The van der Waals surface area contributed by atoms with E-state index in [-0.39, 0.29) is 5.91 Å². The zero-order valence-corrected chi connectivity index (χ0v) is 14.5. The smallest absolute Gasteiger partial charge is 0.265 e. The van der Waals surface area contributed by atoms with Crippen molar-refractivity contribution in [1.82, 2.24) is 0 Å². The normalized spacial score (nSPS) is 12.1. The summed E-state index contributed by atoms with van der Waals surface area (Å²) in [6.07, 6.45) is -0.554. The predicted molar refractivity (Wildman–Crippen MR) is 95.2 cm³/mol. The van der Waals surface area contributed by atoms with E-state index in [4.69, 9.17) is 4.74 Å². The van der Waals surface area contributed by atoms with E-state index in [2.05, 4.69) is 19.2 Å². The maximum Gasteiger partial charge on any atom is 0.265 e. The van der Waals surface area contributed by atoms with Crippen molar-refractivity contribution < 1.29 is 9.53 Å². The monoisotopic (exact) mass is 311 g/mol. The van der Waals surface area contributed by atoms with Crippen molar-refractivity contribution >= 4 is 11.6 Å². The van der Waals surface area contributed by atoms with E-state index in [1.54, 1.807) is 6.92 Å². The van der Waals surface area contributed by atoms with Gasteiger partial charge in [0, 0.05) is 5.69 Å². The molecule has 0 radical (unpaired) electrons. The molecule has 0 bridgehead atoms. The average Bonchev–Trinajstić information content (AvgIpc) is 2.50. The maximum absolute atomic E-state index is 12.3. The molecule has 0 fully saturated rings. The number of carbonyl (C=O) groups excluding carboxylic acids is 1. The third-order valence-corrected chi connectivity index (χ3v) is 3.85. The number of rotatable bonds is 5. The summed E-state index contributed by atoms with van der Waals surface area (Å²) in [5.41, 5.74) is 4.25. The molecule has 23 heavy (non-hydrogen) atoms. The summed E-state index contributed by atoms with van der Waals surface area (Å²) in [6, 6.07) is 13.9. The molecule has 0 unspecified atom stereocenters. The fourth-order valence-corrected chi connectivity index (χ4v) is 2.37. The maximum atomic E-state index is 12.3. The fourth-order valence-electron chi connectivity index (χ4n) is 2.37. The average molecular weight is 311 g/mol. The topological polar surface area (TPSA) is 38.3 Å². The Balaban J connectivity index is 1.99. The summed E-state index contributed by atoms with van der Waals surface area (Å²) in [7, 11) is 0. The molecule has 0 aliphatic carbocycles. The molecule has 0 saturated carbocycles. The molecule has 0 heterocycles. The second-order valence-electron chi connectivity index (χ2n) is 6.29. The number of hydrogen-bond acceptors (Lipinski definition) is 2. The zero-order chi connectivity index (χ0) is 17.0. The number of ether oxygens (including phenoxy) is 1. The molecule has 1 N–H and O–H groups in total. The lowest BCUT2D eigenvalue weighted by atomic mass is 10.0. The van der Waals surface area contributed by atoms with Gasteiger partial charge >= 0.3 is 0 Å². The van der Waals surface area contributed by atoms with Crippen LogP contribution in [0.1, 0.15) is 43.4 Å². The molecule has 2 aromatic rings. The highest BCUT2D eigenvalue weighted by Crippen LogP contribution is 2.21. The van der Waals surface area contributed by atoms with Crippen LogP contribution in [0, 0.1) is 13.8 Å². The SMILES string of the molecule is Cc1ccc(O[C@@H](C)C(=O)Nc2ccc(C(C)C)cc2)c(C)c1. The van der Waals surface area contributed by atoms with E-state index in [0.29, 0.717) is 5.92 Å². The first-order valence-electron chi connectivity index (χ1n) is 8.01. The molecule has 0 aliphatic rings. The Morgan fingerprint density at radius 3 is 2.22 bits per heavy atom. The highest BCUT2D eigenvalue weighted by atomic mass is 16.5. The van der Waals surface area contributed by atoms with Crippen molar-refractivity contribution in [3.8, 4) is 5.75 Å².